The lowest BCUT2D eigenvalue weighted by molar-refractivity contribution is 0.0363. The van der Waals surface area contributed by atoms with Crippen molar-refractivity contribution in [2.45, 2.75) is 37.1 Å². The van der Waals surface area contributed by atoms with Gasteiger partial charge >= 0.3 is 0 Å². The Balaban J connectivity index is 1.92. The number of nitrogens with zero attached hydrogens (tertiary/aromatic N) is 1. The molecule has 1 heterocycles. The van der Waals surface area contributed by atoms with Crippen LogP contribution in [0.5, 0.6) is 5.75 Å². The monoisotopic (exact) mass is 299 g/mol. The highest BCUT2D eigenvalue weighted by Crippen LogP contribution is 2.54. The number of hydrogen-bond acceptors (Lipinski definition) is 3. The molecule has 1 aromatic rings. The van der Waals surface area contributed by atoms with Gasteiger partial charge < -0.3 is 14.4 Å². The Morgan fingerprint density at radius 1 is 1.23 bits per heavy atom. The fourth-order valence-corrected chi connectivity index (χ4v) is 5.04. The molecule has 118 valence electrons. The first-order valence-corrected chi connectivity index (χ1v) is 8.31. The van der Waals surface area contributed by atoms with Crippen LogP contribution in [0.25, 0.3) is 0 Å². The highest BCUT2D eigenvalue weighted by atomic mass is 16.5. The van der Waals surface area contributed by atoms with Gasteiger partial charge in [0, 0.05) is 17.9 Å². The summed E-state index contributed by atoms with van der Waals surface area (Å²) < 4.78 is 11.1. The first-order chi connectivity index (χ1) is 10.7. The molecule has 22 heavy (non-hydrogen) atoms. The van der Waals surface area contributed by atoms with Crippen LogP contribution in [0.2, 0.25) is 0 Å². The van der Waals surface area contributed by atoms with Gasteiger partial charge in [0.2, 0.25) is 0 Å². The average Bonchev–Trinajstić information content (AvgIpc) is 2.57. The summed E-state index contributed by atoms with van der Waals surface area (Å²) in [5, 5.41) is 0. The molecule has 1 aromatic carbocycles. The van der Waals surface area contributed by atoms with Crippen LogP contribution >= 0.6 is 0 Å². The Bertz CT molecular complexity index is 624. The minimum Gasteiger partial charge on any atom is -0.501 e. The van der Waals surface area contributed by atoms with E-state index in [1.165, 1.54) is 30.4 Å². The van der Waals surface area contributed by atoms with Crippen molar-refractivity contribution in [3.05, 3.63) is 41.2 Å². The van der Waals surface area contributed by atoms with Gasteiger partial charge in [-0.15, -0.1) is 0 Å². The number of hydrogen-bond donors (Lipinski definition) is 0. The molecule has 1 fully saturated rings. The summed E-state index contributed by atoms with van der Waals surface area (Å²) >= 11 is 0. The smallest absolute Gasteiger partial charge is 0.119 e. The standard InChI is InChI=1S/C19H25NO2/c1-20-9-8-19-12-15(22-3)6-7-16(19)18(20)10-13-4-5-14(21-2)11-17(13)19/h4-5,11-12,16,18H,6-10H2,1-3H3/t16-,18-,19+/m0/s1. The van der Waals surface area contributed by atoms with Gasteiger partial charge in [-0.25, -0.2) is 0 Å². The SMILES string of the molecule is COC1=C[C@@]23CCN(C)[C@@H](Cc4ccc(OC)cc42)[C@@H]3CC1. The summed E-state index contributed by atoms with van der Waals surface area (Å²) in [6, 6.07) is 7.31. The molecule has 4 rings (SSSR count). The number of piperidine rings is 1. The minimum absolute atomic E-state index is 0.142. The van der Waals surface area contributed by atoms with E-state index in [1.54, 1.807) is 7.11 Å². The molecule has 0 N–H and O–H groups in total. The third kappa shape index (κ3) is 1.84. The van der Waals surface area contributed by atoms with Gasteiger partial charge in [-0.3, -0.25) is 0 Å². The maximum Gasteiger partial charge on any atom is 0.119 e. The number of benzene rings is 1. The molecule has 1 saturated heterocycles. The van der Waals surface area contributed by atoms with E-state index in [2.05, 4.69) is 36.2 Å². The van der Waals surface area contributed by atoms with Crippen LogP contribution in [-0.4, -0.2) is 38.8 Å². The molecule has 3 heteroatoms. The Labute approximate surface area is 132 Å². The molecule has 0 unspecified atom stereocenters. The van der Waals surface area contributed by atoms with Gasteiger partial charge in [0.25, 0.3) is 0 Å². The number of methoxy groups -OCH3 is 2. The second kappa shape index (κ2) is 5.02. The number of likely N-dealkylation sites (N-methyl/N-ethyl adjacent to an activating group) is 1. The summed E-state index contributed by atoms with van der Waals surface area (Å²) in [5.41, 5.74) is 3.11. The summed E-state index contributed by atoms with van der Waals surface area (Å²) in [7, 11) is 5.86. The van der Waals surface area contributed by atoms with E-state index >= 15 is 0 Å². The zero-order chi connectivity index (χ0) is 15.3. The first kappa shape index (κ1) is 14.1. The topological polar surface area (TPSA) is 21.7 Å². The Morgan fingerprint density at radius 3 is 2.86 bits per heavy atom. The molecule has 0 radical (unpaired) electrons. The molecule has 3 atom stereocenters. The van der Waals surface area contributed by atoms with Gasteiger partial charge in [0.15, 0.2) is 0 Å². The minimum atomic E-state index is 0.142. The quantitative estimate of drug-likeness (QED) is 0.837. The molecule has 2 bridgehead atoms. The van der Waals surface area contributed by atoms with Crippen molar-refractivity contribution in [2.24, 2.45) is 5.92 Å². The second-order valence-corrected chi connectivity index (χ2v) is 7.03. The van der Waals surface area contributed by atoms with E-state index in [1.807, 2.05) is 7.11 Å². The fourth-order valence-electron chi connectivity index (χ4n) is 5.04. The van der Waals surface area contributed by atoms with Crippen molar-refractivity contribution in [2.75, 3.05) is 27.8 Å². The third-order valence-electron chi connectivity index (χ3n) is 6.20. The zero-order valence-corrected chi connectivity index (χ0v) is 13.8. The first-order valence-electron chi connectivity index (χ1n) is 8.31. The van der Waals surface area contributed by atoms with Crippen molar-refractivity contribution >= 4 is 0 Å². The van der Waals surface area contributed by atoms with Gasteiger partial charge in [0.05, 0.1) is 20.0 Å². The predicted molar refractivity (Wildman–Crippen MR) is 87.2 cm³/mol. The molecule has 0 aromatic heterocycles. The predicted octanol–water partition coefficient (Wildman–Crippen LogP) is 3.13. The molecule has 3 aliphatic rings. The normalized spacial score (nSPS) is 33.5. The summed E-state index contributed by atoms with van der Waals surface area (Å²) in [5.74, 6) is 2.84. The molecule has 1 aliphatic heterocycles. The van der Waals surface area contributed by atoms with Gasteiger partial charge in [-0.1, -0.05) is 6.07 Å². The molecule has 0 saturated carbocycles. The summed E-state index contributed by atoms with van der Waals surface area (Å²) in [4.78, 5) is 2.57. The Hall–Kier alpha value is -1.48. The van der Waals surface area contributed by atoms with Crippen molar-refractivity contribution in [1.29, 1.82) is 0 Å². The lowest BCUT2D eigenvalue weighted by Crippen LogP contribution is -2.59. The van der Waals surface area contributed by atoms with Crippen LogP contribution in [0.3, 0.4) is 0 Å². The van der Waals surface area contributed by atoms with Crippen LogP contribution in [0.15, 0.2) is 30.0 Å². The number of rotatable bonds is 2. The second-order valence-electron chi connectivity index (χ2n) is 7.03. The average molecular weight is 299 g/mol. The number of allylic oxidation sites excluding steroid dienone is 2. The molecular weight excluding hydrogens is 274 g/mol. The van der Waals surface area contributed by atoms with E-state index in [-0.39, 0.29) is 5.41 Å². The molecule has 3 nitrogen and oxygen atoms in total. The third-order valence-corrected chi connectivity index (χ3v) is 6.20. The van der Waals surface area contributed by atoms with E-state index in [9.17, 15) is 0 Å². The zero-order valence-electron chi connectivity index (χ0n) is 13.8. The van der Waals surface area contributed by atoms with Gasteiger partial charge in [-0.05, 0) is 68.1 Å². The van der Waals surface area contributed by atoms with E-state index < -0.39 is 0 Å². The lowest BCUT2D eigenvalue weighted by atomic mass is 9.54. The van der Waals surface area contributed by atoms with Crippen LogP contribution in [-0.2, 0) is 16.6 Å². The van der Waals surface area contributed by atoms with Crippen molar-refractivity contribution in [3.8, 4) is 5.75 Å². The van der Waals surface area contributed by atoms with Crippen LogP contribution in [0.4, 0.5) is 0 Å². The number of fused-ring (bicyclic) bond motifs is 1. The Morgan fingerprint density at radius 2 is 2.09 bits per heavy atom. The lowest BCUT2D eigenvalue weighted by Gasteiger charge is -2.56. The fraction of sp³-hybridized carbons (Fsp3) is 0.579. The van der Waals surface area contributed by atoms with Crippen LogP contribution in [0.1, 0.15) is 30.4 Å². The maximum absolute atomic E-state index is 5.64. The Kier molecular flexibility index (Phi) is 3.23. The van der Waals surface area contributed by atoms with E-state index in [0.717, 1.165) is 24.5 Å². The highest BCUT2D eigenvalue weighted by Gasteiger charge is 2.52. The summed E-state index contributed by atoms with van der Waals surface area (Å²) in [6.45, 7) is 1.16. The number of ether oxygens (including phenoxy) is 2. The van der Waals surface area contributed by atoms with E-state index in [0.29, 0.717) is 12.0 Å². The van der Waals surface area contributed by atoms with Gasteiger partial charge in [0.1, 0.15) is 5.75 Å². The van der Waals surface area contributed by atoms with Gasteiger partial charge in [-0.2, -0.15) is 0 Å². The van der Waals surface area contributed by atoms with Crippen LogP contribution in [0, 0.1) is 5.92 Å². The molecule has 0 amide bonds. The number of likely N-dealkylation sites (tertiary alicyclic amines) is 1. The maximum atomic E-state index is 5.64. The van der Waals surface area contributed by atoms with Crippen LogP contribution < -0.4 is 4.74 Å². The van der Waals surface area contributed by atoms with Crippen molar-refractivity contribution in [1.82, 2.24) is 4.90 Å². The largest absolute Gasteiger partial charge is 0.501 e. The summed E-state index contributed by atoms with van der Waals surface area (Å²) in [6.07, 6.45) is 7.09. The van der Waals surface area contributed by atoms with Crippen molar-refractivity contribution < 1.29 is 9.47 Å². The molecular formula is C19H25NO2. The highest BCUT2D eigenvalue weighted by molar-refractivity contribution is 5.49. The molecule has 0 spiro atoms. The van der Waals surface area contributed by atoms with E-state index in [4.69, 9.17) is 9.47 Å². The van der Waals surface area contributed by atoms with Crippen molar-refractivity contribution in [3.63, 3.8) is 0 Å². The molecule has 2 aliphatic carbocycles.